The Morgan fingerprint density at radius 3 is 2.48 bits per heavy atom. The molecule has 0 spiro atoms. The maximum absolute atomic E-state index is 12.8. The zero-order valence-corrected chi connectivity index (χ0v) is 14.2. The van der Waals surface area contributed by atoms with Crippen LogP contribution in [-0.2, 0) is 6.54 Å². The Hall–Kier alpha value is -2.95. The number of para-hydroxylation sites is 1. The molecule has 128 valence electrons. The molecule has 25 heavy (non-hydrogen) atoms. The first-order valence-corrected chi connectivity index (χ1v) is 8.53. The van der Waals surface area contributed by atoms with Gasteiger partial charge in [0, 0.05) is 17.5 Å². The van der Waals surface area contributed by atoms with Crippen molar-refractivity contribution >= 4 is 10.9 Å². The molecule has 0 unspecified atom stereocenters. The fraction of sp³-hybridized carbons (Fsp3) is 0.250. The van der Waals surface area contributed by atoms with Crippen LogP contribution in [0, 0.1) is 0 Å². The van der Waals surface area contributed by atoms with Gasteiger partial charge in [-0.3, -0.25) is 4.79 Å². The Labute approximate surface area is 145 Å². The number of aryl methyl sites for hydroxylation is 1. The zero-order chi connectivity index (χ0) is 17.6. The third kappa shape index (κ3) is 3.45. The number of hydrogen-bond acceptors (Lipinski definition) is 4. The molecule has 0 saturated carbocycles. The lowest BCUT2D eigenvalue weighted by molar-refractivity contribution is 0.297. The molecule has 0 atom stereocenters. The summed E-state index contributed by atoms with van der Waals surface area (Å²) in [5.41, 5.74) is 1.74. The number of fused-ring (bicyclic) bond motifs is 1. The smallest absolute Gasteiger partial charge is 0.299 e. The number of benzene rings is 2. The molecule has 2 aromatic carbocycles. The van der Waals surface area contributed by atoms with Crippen LogP contribution in [0.3, 0.4) is 0 Å². The quantitative estimate of drug-likeness (QED) is 0.440. The van der Waals surface area contributed by atoms with E-state index in [1.807, 2.05) is 54.6 Å². The summed E-state index contributed by atoms with van der Waals surface area (Å²) in [6.45, 7) is 2.69. The predicted molar refractivity (Wildman–Crippen MR) is 98.3 cm³/mol. The maximum Gasteiger partial charge on any atom is 0.299 e. The van der Waals surface area contributed by atoms with Crippen LogP contribution >= 0.6 is 0 Å². The van der Waals surface area contributed by atoms with Crippen LogP contribution < -0.4 is 11.0 Å². The highest BCUT2D eigenvalue weighted by Gasteiger charge is 2.11. The van der Waals surface area contributed by atoms with E-state index in [0.29, 0.717) is 12.2 Å². The largest absolute Gasteiger partial charge is 0.409 e. The molecular formula is C20H21N3O2. The van der Waals surface area contributed by atoms with Crippen LogP contribution in [0.25, 0.3) is 22.2 Å². The lowest BCUT2D eigenvalue weighted by Crippen LogP contribution is -2.34. The molecule has 1 aromatic heterocycles. The average molecular weight is 335 g/mol. The second kappa shape index (κ2) is 7.75. The van der Waals surface area contributed by atoms with E-state index < -0.39 is 0 Å². The van der Waals surface area contributed by atoms with E-state index in [0.717, 1.165) is 35.7 Å². The standard InChI is InChI=1S/C20H21N3O2/c1-2-3-9-14-23-17-13-8-7-12-16(17)18(15-10-5-4-6-11-15)21-19(22-25)20(23)24/h4-8,10-13,25H,2-3,9,14H2,1H3. The number of hydrogen-bond donors (Lipinski definition) is 1. The van der Waals surface area contributed by atoms with E-state index >= 15 is 0 Å². The molecule has 5 heteroatoms. The Bertz CT molecular complexity index is 995. The molecule has 0 radical (unpaired) electrons. The van der Waals surface area contributed by atoms with Gasteiger partial charge in [0.1, 0.15) is 0 Å². The third-order valence-corrected chi connectivity index (χ3v) is 4.23. The van der Waals surface area contributed by atoms with Gasteiger partial charge in [-0.1, -0.05) is 73.5 Å². The minimum atomic E-state index is -0.378. The lowest BCUT2D eigenvalue weighted by Gasteiger charge is -2.07. The van der Waals surface area contributed by atoms with Crippen molar-refractivity contribution in [3.8, 4) is 11.3 Å². The molecular weight excluding hydrogens is 314 g/mol. The van der Waals surface area contributed by atoms with Crippen LogP contribution in [0.1, 0.15) is 26.2 Å². The summed E-state index contributed by atoms with van der Waals surface area (Å²) < 4.78 is 1.67. The van der Waals surface area contributed by atoms with Crippen LogP contribution in [0.5, 0.6) is 0 Å². The Morgan fingerprint density at radius 1 is 1.04 bits per heavy atom. The molecule has 0 saturated heterocycles. The fourth-order valence-electron chi connectivity index (χ4n) is 2.98. The van der Waals surface area contributed by atoms with Gasteiger partial charge in [-0.15, -0.1) is 0 Å². The molecule has 0 amide bonds. The van der Waals surface area contributed by atoms with Crippen molar-refractivity contribution in [2.24, 2.45) is 5.16 Å². The minimum Gasteiger partial charge on any atom is -0.409 e. The normalized spacial score (nSPS) is 11.8. The molecule has 1 heterocycles. The molecule has 0 fully saturated rings. The van der Waals surface area contributed by atoms with Crippen molar-refractivity contribution in [2.75, 3.05) is 0 Å². The average Bonchev–Trinajstić information content (AvgIpc) is 2.78. The summed E-state index contributed by atoms with van der Waals surface area (Å²) in [6.07, 6.45) is 2.98. The SMILES string of the molecule is CCCCCn1c(=O)c(=NO)nc(-c2ccccc2)c2ccccc21. The summed E-state index contributed by atoms with van der Waals surface area (Å²) in [6, 6.07) is 17.3. The van der Waals surface area contributed by atoms with Gasteiger partial charge in [-0.05, 0) is 12.5 Å². The second-order valence-electron chi connectivity index (χ2n) is 5.93. The summed E-state index contributed by atoms with van der Waals surface area (Å²) in [7, 11) is 0. The summed E-state index contributed by atoms with van der Waals surface area (Å²) >= 11 is 0. The number of unbranched alkanes of at least 4 members (excludes halogenated alkanes) is 2. The van der Waals surface area contributed by atoms with Crippen LogP contribution in [0.4, 0.5) is 0 Å². The Balaban J connectivity index is 2.39. The van der Waals surface area contributed by atoms with Crippen molar-refractivity contribution in [3.63, 3.8) is 0 Å². The molecule has 0 bridgehead atoms. The van der Waals surface area contributed by atoms with E-state index in [-0.39, 0.29) is 11.0 Å². The lowest BCUT2D eigenvalue weighted by atomic mass is 10.1. The first kappa shape index (κ1) is 16.9. The monoisotopic (exact) mass is 335 g/mol. The topological polar surface area (TPSA) is 67.5 Å². The molecule has 3 aromatic rings. The van der Waals surface area contributed by atoms with Crippen molar-refractivity contribution in [3.05, 3.63) is 70.4 Å². The van der Waals surface area contributed by atoms with Crippen molar-refractivity contribution in [2.45, 2.75) is 32.7 Å². The van der Waals surface area contributed by atoms with Gasteiger partial charge in [-0.2, -0.15) is 0 Å². The van der Waals surface area contributed by atoms with Crippen LogP contribution in [0.15, 0.2) is 64.5 Å². The van der Waals surface area contributed by atoms with E-state index in [4.69, 9.17) is 0 Å². The third-order valence-electron chi connectivity index (χ3n) is 4.23. The fourth-order valence-corrected chi connectivity index (χ4v) is 2.98. The van der Waals surface area contributed by atoms with E-state index in [1.165, 1.54) is 0 Å². The highest BCUT2D eigenvalue weighted by atomic mass is 16.4. The zero-order valence-electron chi connectivity index (χ0n) is 14.2. The van der Waals surface area contributed by atoms with E-state index in [2.05, 4.69) is 17.1 Å². The number of aromatic nitrogens is 2. The van der Waals surface area contributed by atoms with Gasteiger partial charge >= 0.3 is 0 Å². The first-order chi connectivity index (χ1) is 12.3. The maximum atomic E-state index is 12.8. The molecule has 0 aliphatic rings. The van der Waals surface area contributed by atoms with Gasteiger partial charge in [-0.25, -0.2) is 4.98 Å². The van der Waals surface area contributed by atoms with E-state index in [9.17, 15) is 10.0 Å². The Morgan fingerprint density at radius 2 is 1.76 bits per heavy atom. The highest BCUT2D eigenvalue weighted by molar-refractivity contribution is 5.91. The number of rotatable bonds is 5. The molecule has 3 rings (SSSR count). The van der Waals surface area contributed by atoms with Crippen LogP contribution in [0.2, 0.25) is 0 Å². The predicted octanol–water partition coefficient (Wildman–Crippen LogP) is 3.54. The van der Waals surface area contributed by atoms with Gasteiger partial charge in [0.15, 0.2) is 0 Å². The first-order valence-electron chi connectivity index (χ1n) is 8.53. The molecule has 0 aliphatic carbocycles. The van der Waals surface area contributed by atoms with Gasteiger partial charge in [0.2, 0.25) is 0 Å². The molecule has 5 nitrogen and oxygen atoms in total. The van der Waals surface area contributed by atoms with E-state index in [1.54, 1.807) is 4.57 Å². The van der Waals surface area contributed by atoms with Crippen molar-refractivity contribution in [1.29, 1.82) is 0 Å². The Kier molecular flexibility index (Phi) is 5.23. The van der Waals surface area contributed by atoms with Crippen molar-refractivity contribution in [1.82, 2.24) is 9.55 Å². The van der Waals surface area contributed by atoms with Crippen LogP contribution in [-0.4, -0.2) is 14.8 Å². The minimum absolute atomic E-state index is 0.188. The molecule has 1 N–H and O–H groups in total. The van der Waals surface area contributed by atoms with Crippen molar-refractivity contribution < 1.29 is 5.21 Å². The highest BCUT2D eigenvalue weighted by Crippen LogP contribution is 2.24. The van der Waals surface area contributed by atoms with Gasteiger partial charge < -0.3 is 9.77 Å². The summed E-state index contributed by atoms with van der Waals surface area (Å²) in [5, 5.41) is 13.4. The van der Waals surface area contributed by atoms with Gasteiger partial charge in [0.25, 0.3) is 11.0 Å². The molecule has 0 aliphatic heterocycles. The van der Waals surface area contributed by atoms with Gasteiger partial charge in [0.05, 0.1) is 11.2 Å². The number of nitrogens with zero attached hydrogens (tertiary/aromatic N) is 3. The second-order valence-corrected chi connectivity index (χ2v) is 5.93. The summed E-state index contributed by atoms with van der Waals surface area (Å²) in [4.78, 5) is 17.2. The summed E-state index contributed by atoms with van der Waals surface area (Å²) in [5.74, 6) is 0.